The minimum absolute atomic E-state index is 0.0277. The van der Waals surface area contributed by atoms with Crippen LogP contribution in [-0.2, 0) is 97.0 Å². The number of unbranched alkanes of at least 4 members (excludes halogenated alkanes) is 3. The molecule has 1 rings (SSSR count). The third-order valence-electron chi connectivity index (χ3n) is 12.2. The molecule has 28 heteroatoms. The van der Waals surface area contributed by atoms with Gasteiger partial charge in [-0.25, -0.2) is 19.2 Å². The van der Waals surface area contributed by atoms with Crippen LogP contribution in [0.5, 0.6) is 0 Å². The Labute approximate surface area is 544 Å². The summed E-state index contributed by atoms with van der Waals surface area (Å²) in [4.78, 5) is 114. The maximum absolute atomic E-state index is 13.2. The van der Waals surface area contributed by atoms with Gasteiger partial charge in [0, 0.05) is 64.8 Å². The standard InChI is InChI=1S/C64H110N6O22/c1-62(2,3)90-57(76)25-24-52(59(78)92-64(7,8)9)69-60(79)68-51(58(77)91-63(4,5)6)21-15-17-29-65-53(71)22-14-11-16-28-66-55(73)27-33-81-35-37-83-39-41-85-43-45-87-47-48-88-46-44-86-42-40-84-38-36-82-34-30-67-54(72)26-32-70(31-18-23-56(74)75)61(80)89-49-50-19-12-10-13-20-50/h10,12-13,19-20,51-52H,11,14-18,21-49H2,1-9H3,(H,65,71)(H,66,73)(H,67,72)(H,74,75)(H2,68,69,79)/t51-,52-/m0/s1. The lowest BCUT2D eigenvalue weighted by Crippen LogP contribution is -2.53. The molecule has 0 saturated heterocycles. The van der Waals surface area contributed by atoms with Crippen LogP contribution < -0.4 is 26.6 Å². The number of rotatable bonds is 54. The summed E-state index contributed by atoms with van der Waals surface area (Å²) in [6.07, 6.45) is 3.09. The highest BCUT2D eigenvalue weighted by atomic mass is 16.6. The molecule has 6 N–H and O–H groups in total. The molecule has 6 amide bonds. The second-order valence-electron chi connectivity index (χ2n) is 24.2. The average molecular weight is 1320 g/mol. The molecule has 92 heavy (non-hydrogen) atoms. The molecule has 0 unspecified atom stereocenters. The van der Waals surface area contributed by atoms with Crippen molar-refractivity contribution in [3.05, 3.63) is 35.9 Å². The van der Waals surface area contributed by atoms with Crippen molar-refractivity contribution in [2.45, 2.75) is 181 Å². The van der Waals surface area contributed by atoms with E-state index < -0.39 is 64.9 Å². The fraction of sp³-hybridized carbons (Fsp3) is 0.766. The second kappa shape index (κ2) is 51.2. The number of carboxylic acid groups (broad SMARTS) is 1. The van der Waals surface area contributed by atoms with Gasteiger partial charge in [-0.1, -0.05) is 36.8 Å². The molecule has 528 valence electrons. The number of esters is 3. The van der Waals surface area contributed by atoms with E-state index in [0.29, 0.717) is 138 Å². The molecule has 2 atom stereocenters. The van der Waals surface area contributed by atoms with Gasteiger partial charge in [0.05, 0.1) is 106 Å². The second-order valence-corrected chi connectivity index (χ2v) is 24.2. The zero-order valence-corrected chi connectivity index (χ0v) is 56.3. The first-order chi connectivity index (χ1) is 43.7. The summed E-state index contributed by atoms with van der Waals surface area (Å²) in [6, 6.07) is 6.08. The summed E-state index contributed by atoms with van der Waals surface area (Å²) in [7, 11) is 0. The number of carbonyl (C=O) groups is 9. The molecule has 0 saturated carbocycles. The fourth-order valence-corrected chi connectivity index (χ4v) is 7.87. The van der Waals surface area contributed by atoms with Crippen LogP contribution in [0.25, 0.3) is 0 Å². The van der Waals surface area contributed by atoms with Gasteiger partial charge in [-0.15, -0.1) is 0 Å². The molecule has 0 aliphatic carbocycles. The number of urea groups is 1. The molecule has 28 nitrogen and oxygen atoms in total. The smallest absolute Gasteiger partial charge is 0.410 e. The van der Waals surface area contributed by atoms with Crippen LogP contribution in [0.4, 0.5) is 9.59 Å². The molecule has 0 aromatic heterocycles. The van der Waals surface area contributed by atoms with Gasteiger partial charge in [0.25, 0.3) is 0 Å². The van der Waals surface area contributed by atoms with Gasteiger partial charge in [0.1, 0.15) is 35.5 Å². The van der Waals surface area contributed by atoms with Crippen molar-refractivity contribution >= 4 is 53.7 Å². The number of ether oxygens (including phenoxy) is 12. The highest BCUT2D eigenvalue weighted by molar-refractivity contribution is 5.87. The Hall–Kier alpha value is -6.27. The van der Waals surface area contributed by atoms with Gasteiger partial charge in [-0.05, 0) is 113 Å². The number of amides is 6. The Kier molecular flexibility index (Phi) is 46.6. The number of carboxylic acids is 1. The van der Waals surface area contributed by atoms with Crippen molar-refractivity contribution in [1.82, 2.24) is 31.5 Å². The normalized spacial score (nSPS) is 12.2. The summed E-state index contributed by atoms with van der Waals surface area (Å²) in [5.74, 6) is -3.44. The number of hydrogen-bond donors (Lipinski definition) is 6. The predicted octanol–water partition coefficient (Wildman–Crippen LogP) is 5.32. The number of hydrogen-bond acceptors (Lipinski definition) is 21. The Bertz CT molecular complexity index is 2210. The summed E-state index contributed by atoms with van der Waals surface area (Å²) >= 11 is 0. The number of carbonyl (C=O) groups excluding carboxylic acids is 8. The van der Waals surface area contributed by atoms with Gasteiger partial charge in [0.15, 0.2) is 0 Å². The van der Waals surface area contributed by atoms with Crippen LogP contribution in [-0.4, -0.2) is 231 Å². The topological polar surface area (TPSA) is 348 Å². The fourth-order valence-electron chi connectivity index (χ4n) is 7.87. The maximum Gasteiger partial charge on any atom is 0.410 e. The van der Waals surface area contributed by atoms with Gasteiger partial charge in [-0.2, -0.15) is 0 Å². The van der Waals surface area contributed by atoms with Gasteiger partial charge < -0.3 is 93.4 Å². The first kappa shape index (κ1) is 83.7. The largest absolute Gasteiger partial charge is 0.481 e. The third-order valence-corrected chi connectivity index (χ3v) is 12.2. The van der Waals surface area contributed by atoms with E-state index in [2.05, 4.69) is 26.6 Å². The summed E-state index contributed by atoms with van der Waals surface area (Å²) in [5.41, 5.74) is -1.62. The Morgan fingerprint density at radius 1 is 0.424 bits per heavy atom. The first-order valence-electron chi connectivity index (χ1n) is 32.1. The first-order valence-corrected chi connectivity index (χ1v) is 32.1. The van der Waals surface area contributed by atoms with E-state index in [1.54, 1.807) is 62.3 Å². The highest BCUT2D eigenvalue weighted by Gasteiger charge is 2.31. The van der Waals surface area contributed by atoms with Crippen LogP contribution in [0.15, 0.2) is 30.3 Å². The Balaban J connectivity index is 2.00. The molecular formula is C64H110N6O22. The van der Waals surface area contributed by atoms with E-state index in [1.807, 2.05) is 30.3 Å². The molecule has 0 spiro atoms. The van der Waals surface area contributed by atoms with E-state index in [9.17, 15) is 43.2 Å². The lowest BCUT2D eigenvalue weighted by Gasteiger charge is -2.27. The molecule has 0 bridgehead atoms. The molecule has 1 aromatic carbocycles. The summed E-state index contributed by atoms with van der Waals surface area (Å²) in [6.45, 7) is 22.7. The van der Waals surface area contributed by atoms with Crippen molar-refractivity contribution in [2.24, 2.45) is 0 Å². The summed E-state index contributed by atoms with van der Waals surface area (Å²) in [5, 5.41) is 22.6. The van der Waals surface area contributed by atoms with E-state index in [4.69, 9.17) is 61.9 Å². The molecule has 0 aliphatic heterocycles. The molecule has 0 aliphatic rings. The zero-order chi connectivity index (χ0) is 68.3. The monoisotopic (exact) mass is 1310 g/mol. The number of nitrogens with zero attached hydrogens (tertiary/aromatic N) is 1. The number of aliphatic carboxylic acids is 1. The third kappa shape index (κ3) is 52.2. The van der Waals surface area contributed by atoms with Gasteiger partial charge in [-0.3, -0.25) is 24.0 Å². The van der Waals surface area contributed by atoms with Crippen molar-refractivity contribution in [3.63, 3.8) is 0 Å². The Morgan fingerprint density at radius 3 is 1.33 bits per heavy atom. The van der Waals surface area contributed by atoms with E-state index in [-0.39, 0.29) is 102 Å². The van der Waals surface area contributed by atoms with Gasteiger partial charge in [0.2, 0.25) is 17.7 Å². The summed E-state index contributed by atoms with van der Waals surface area (Å²) < 4.78 is 65.8. The van der Waals surface area contributed by atoms with Gasteiger partial charge >= 0.3 is 36.0 Å². The average Bonchev–Trinajstić information content (AvgIpc) is 2.62. The number of benzene rings is 1. The Morgan fingerprint density at radius 2 is 0.848 bits per heavy atom. The van der Waals surface area contributed by atoms with Crippen LogP contribution in [0.3, 0.4) is 0 Å². The van der Waals surface area contributed by atoms with Crippen LogP contribution in [0.1, 0.15) is 151 Å². The van der Waals surface area contributed by atoms with Crippen LogP contribution >= 0.6 is 0 Å². The van der Waals surface area contributed by atoms with E-state index in [0.717, 1.165) is 12.0 Å². The van der Waals surface area contributed by atoms with Crippen LogP contribution in [0, 0.1) is 0 Å². The van der Waals surface area contributed by atoms with Crippen molar-refractivity contribution in [1.29, 1.82) is 0 Å². The molecular weight excluding hydrogens is 1200 g/mol. The van der Waals surface area contributed by atoms with Crippen molar-refractivity contribution < 1.29 is 105 Å². The predicted molar refractivity (Wildman–Crippen MR) is 338 cm³/mol. The molecule has 1 aromatic rings. The lowest BCUT2D eigenvalue weighted by molar-refractivity contribution is -0.159. The zero-order valence-electron chi connectivity index (χ0n) is 56.3. The van der Waals surface area contributed by atoms with Crippen molar-refractivity contribution in [3.8, 4) is 0 Å². The number of nitrogens with one attached hydrogen (secondary N) is 5. The van der Waals surface area contributed by atoms with Crippen LogP contribution in [0.2, 0.25) is 0 Å². The molecule has 0 radical (unpaired) electrons. The SMILES string of the molecule is CC(C)(C)OC(=O)CC[C@H](NC(=O)N[C@@H](CCCCNC(=O)CCCCCNC(=O)CCOCCOCCOCCOCCOCCOCCOCCOCCNC(=O)CCN(CCCC(=O)O)C(=O)OCc1ccccc1)C(=O)OC(C)(C)C)C(=O)OC(C)(C)C. The minimum Gasteiger partial charge on any atom is -0.481 e. The lowest BCUT2D eigenvalue weighted by atomic mass is 10.1. The maximum atomic E-state index is 13.2. The minimum atomic E-state index is -1.20. The van der Waals surface area contributed by atoms with E-state index in [1.165, 1.54) is 4.90 Å². The van der Waals surface area contributed by atoms with Crippen molar-refractivity contribution in [2.75, 3.05) is 138 Å². The quantitative estimate of drug-likeness (QED) is 0.0273. The molecule has 0 heterocycles. The molecule has 0 fully saturated rings. The van der Waals surface area contributed by atoms with E-state index >= 15 is 0 Å². The highest BCUT2D eigenvalue weighted by Crippen LogP contribution is 2.16.